The number of carbonyl (C=O) groups is 1. The van der Waals surface area contributed by atoms with E-state index in [0.717, 1.165) is 17.1 Å². The molecule has 1 heterocycles. The molecule has 1 amide bonds. The van der Waals surface area contributed by atoms with Gasteiger partial charge < -0.3 is 9.50 Å². The van der Waals surface area contributed by atoms with Crippen LogP contribution in [0, 0.1) is 13.8 Å². The van der Waals surface area contributed by atoms with Gasteiger partial charge in [-0.15, -0.1) is 0 Å². The van der Waals surface area contributed by atoms with Gasteiger partial charge in [-0.2, -0.15) is 13.5 Å². The zero-order valence-electron chi connectivity index (χ0n) is 18.1. The second kappa shape index (κ2) is 9.61. The van der Waals surface area contributed by atoms with Crippen molar-refractivity contribution >= 4 is 49.2 Å². The zero-order chi connectivity index (χ0) is 24.5. The standard InChI is InChI=1S/C24H19BrClN3O4S/c1-15-23(26)16(2)29(28-15)20-10-8-19(9-11-20)27-24(30)17-6-12-21(13-7-17)33-34(31,32)22-5-3-4-18(25)14-22/h3-14H,1-2H3,(H,27,30). The summed E-state index contributed by atoms with van der Waals surface area (Å²) in [5.41, 5.74) is 3.34. The number of hydrogen-bond acceptors (Lipinski definition) is 5. The second-order valence-corrected chi connectivity index (χ2v) is 10.3. The van der Waals surface area contributed by atoms with Crippen LogP contribution in [0.3, 0.4) is 0 Å². The Morgan fingerprint density at radius 3 is 2.29 bits per heavy atom. The van der Waals surface area contributed by atoms with E-state index in [2.05, 4.69) is 26.3 Å². The molecule has 0 unspecified atom stereocenters. The minimum absolute atomic E-state index is 0.0230. The Labute approximate surface area is 210 Å². The first-order chi connectivity index (χ1) is 16.1. The molecule has 0 saturated heterocycles. The Balaban J connectivity index is 1.43. The maximum atomic E-state index is 12.6. The maximum Gasteiger partial charge on any atom is 0.339 e. The molecule has 174 valence electrons. The predicted molar refractivity (Wildman–Crippen MR) is 134 cm³/mol. The average molecular weight is 561 g/mol. The average Bonchev–Trinajstić information content (AvgIpc) is 3.07. The van der Waals surface area contributed by atoms with Crippen LogP contribution in [-0.4, -0.2) is 24.1 Å². The zero-order valence-corrected chi connectivity index (χ0v) is 21.3. The summed E-state index contributed by atoms with van der Waals surface area (Å²) in [6.07, 6.45) is 0. The van der Waals surface area contributed by atoms with E-state index < -0.39 is 10.1 Å². The molecule has 0 aliphatic carbocycles. The minimum atomic E-state index is -3.99. The number of nitrogens with zero attached hydrogens (tertiary/aromatic N) is 2. The van der Waals surface area contributed by atoms with Gasteiger partial charge in [0.05, 0.1) is 22.1 Å². The van der Waals surface area contributed by atoms with E-state index in [1.54, 1.807) is 28.9 Å². The van der Waals surface area contributed by atoms with E-state index in [-0.39, 0.29) is 16.6 Å². The molecule has 4 rings (SSSR count). The lowest BCUT2D eigenvalue weighted by molar-refractivity contribution is 0.102. The fraction of sp³-hybridized carbons (Fsp3) is 0.0833. The van der Waals surface area contributed by atoms with Crippen molar-refractivity contribution in [2.75, 3.05) is 5.32 Å². The molecule has 0 radical (unpaired) electrons. The van der Waals surface area contributed by atoms with E-state index in [1.165, 1.54) is 36.4 Å². The molecule has 10 heteroatoms. The van der Waals surface area contributed by atoms with Crippen molar-refractivity contribution in [2.24, 2.45) is 0 Å². The van der Waals surface area contributed by atoms with Gasteiger partial charge in [-0.1, -0.05) is 33.6 Å². The molecule has 0 aliphatic heterocycles. The van der Waals surface area contributed by atoms with Crippen molar-refractivity contribution in [3.05, 3.63) is 99.2 Å². The SMILES string of the molecule is Cc1nn(-c2ccc(NC(=O)c3ccc(OS(=O)(=O)c4cccc(Br)c4)cc3)cc2)c(C)c1Cl. The highest BCUT2D eigenvalue weighted by molar-refractivity contribution is 9.10. The van der Waals surface area contributed by atoms with Crippen LogP contribution >= 0.6 is 27.5 Å². The number of nitrogens with one attached hydrogen (secondary N) is 1. The van der Waals surface area contributed by atoms with Gasteiger partial charge in [0.2, 0.25) is 0 Å². The first-order valence-corrected chi connectivity index (χ1v) is 12.7. The lowest BCUT2D eigenvalue weighted by atomic mass is 10.2. The van der Waals surface area contributed by atoms with Crippen molar-refractivity contribution < 1.29 is 17.4 Å². The Kier molecular flexibility index (Phi) is 6.79. The Morgan fingerprint density at radius 2 is 1.71 bits per heavy atom. The molecule has 4 aromatic rings. The quantitative estimate of drug-likeness (QED) is 0.296. The van der Waals surface area contributed by atoms with Crippen LogP contribution in [0.15, 0.2) is 82.2 Å². The molecule has 0 aliphatic rings. The lowest BCUT2D eigenvalue weighted by Gasteiger charge is -2.09. The van der Waals surface area contributed by atoms with Crippen LogP contribution in [0.2, 0.25) is 5.02 Å². The molecule has 3 aromatic carbocycles. The Bertz CT molecular complexity index is 1470. The number of hydrogen-bond donors (Lipinski definition) is 1. The number of anilines is 1. The maximum absolute atomic E-state index is 12.6. The number of rotatable bonds is 6. The van der Waals surface area contributed by atoms with Gasteiger partial charge in [0.25, 0.3) is 5.91 Å². The minimum Gasteiger partial charge on any atom is -0.379 e. The summed E-state index contributed by atoms with van der Waals surface area (Å²) in [5.74, 6) is -0.243. The molecule has 0 atom stereocenters. The van der Waals surface area contributed by atoms with E-state index in [9.17, 15) is 13.2 Å². The van der Waals surface area contributed by atoms with Gasteiger partial charge in [-0.25, -0.2) is 4.68 Å². The molecule has 0 fully saturated rings. The molecule has 0 bridgehead atoms. The van der Waals surface area contributed by atoms with Gasteiger partial charge in [0, 0.05) is 15.7 Å². The number of benzene rings is 3. The van der Waals surface area contributed by atoms with Crippen molar-refractivity contribution in [3.63, 3.8) is 0 Å². The molecule has 0 spiro atoms. The van der Waals surface area contributed by atoms with Gasteiger partial charge in [-0.3, -0.25) is 4.79 Å². The first kappa shape index (κ1) is 24.0. The Hall–Kier alpha value is -3.14. The molecule has 1 aromatic heterocycles. The molecule has 34 heavy (non-hydrogen) atoms. The Morgan fingerprint density at radius 1 is 1.03 bits per heavy atom. The molecular formula is C24H19BrClN3O4S. The van der Waals surface area contributed by atoms with E-state index in [0.29, 0.717) is 20.7 Å². The van der Waals surface area contributed by atoms with E-state index >= 15 is 0 Å². The number of aryl methyl sites for hydroxylation is 1. The topological polar surface area (TPSA) is 90.3 Å². The van der Waals surface area contributed by atoms with Crippen molar-refractivity contribution in [1.82, 2.24) is 9.78 Å². The van der Waals surface area contributed by atoms with Crippen LogP contribution in [0.5, 0.6) is 5.75 Å². The summed E-state index contributed by atoms with van der Waals surface area (Å²) < 4.78 is 32.4. The van der Waals surface area contributed by atoms with Gasteiger partial charge in [0.1, 0.15) is 10.6 Å². The van der Waals surface area contributed by atoms with Crippen LogP contribution in [-0.2, 0) is 10.1 Å². The number of carbonyl (C=O) groups excluding carboxylic acids is 1. The number of aromatic nitrogens is 2. The first-order valence-electron chi connectivity index (χ1n) is 10.1. The molecular weight excluding hydrogens is 542 g/mol. The summed E-state index contributed by atoms with van der Waals surface area (Å²) in [6, 6.07) is 19.2. The molecule has 1 N–H and O–H groups in total. The summed E-state index contributed by atoms with van der Waals surface area (Å²) in [5, 5.41) is 7.84. The molecule has 7 nitrogen and oxygen atoms in total. The highest BCUT2D eigenvalue weighted by atomic mass is 79.9. The normalized spacial score (nSPS) is 11.3. The van der Waals surface area contributed by atoms with Crippen LogP contribution in [0.25, 0.3) is 5.69 Å². The smallest absolute Gasteiger partial charge is 0.339 e. The summed E-state index contributed by atoms with van der Waals surface area (Å²) >= 11 is 9.46. The third-order valence-electron chi connectivity index (χ3n) is 4.98. The van der Waals surface area contributed by atoms with E-state index in [1.807, 2.05) is 26.0 Å². The predicted octanol–water partition coefficient (Wildman–Crippen LogP) is 5.93. The van der Waals surface area contributed by atoms with E-state index in [4.69, 9.17) is 15.8 Å². The second-order valence-electron chi connectivity index (χ2n) is 7.42. The monoisotopic (exact) mass is 559 g/mol. The fourth-order valence-corrected chi connectivity index (χ4v) is 4.87. The van der Waals surface area contributed by atoms with Crippen LogP contribution in [0.4, 0.5) is 5.69 Å². The van der Waals surface area contributed by atoms with Crippen molar-refractivity contribution in [1.29, 1.82) is 0 Å². The number of halogens is 2. The largest absolute Gasteiger partial charge is 0.379 e. The van der Waals surface area contributed by atoms with Gasteiger partial charge >= 0.3 is 10.1 Å². The van der Waals surface area contributed by atoms with Crippen LogP contribution < -0.4 is 9.50 Å². The summed E-state index contributed by atoms with van der Waals surface area (Å²) in [7, 11) is -3.99. The third kappa shape index (κ3) is 5.16. The third-order valence-corrected chi connectivity index (χ3v) is 7.26. The van der Waals surface area contributed by atoms with Gasteiger partial charge in [-0.05, 0) is 80.6 Å². The fourth-order valence-electron chi connectivity index (χ4n) is 3.22. The van der Waals surface area contributed by atoms with Crippen LogP contribution in [0.1, 0.15) is 21.7 Å². The van der Waals surface area contributed by atoms with Crippen molar-refractivity contribution in [2.45, 2.75) is 18.7 Å². The van der Waals surface area contributed by atoms with Gasteiger partial charge in [0.15, 0.2) is 0 Å². The summed E-state index contributed by atoms with van der Waals surface area (Å²) in [4.78, 5) is 12.6. The number of amides is 1. The highest BCUT2D eigenvalue weighted by Gasteiger charge is 2.17. The lowest BCUT2D eigenvalue weighted by Crippen LogP contribution is -2.12. The summed E-state index contributed by atoms with van der Waals surface area (Å²) in [6.45, 7) is 3.72. The molecule has 0 saturated carbocycles. The van der Waals surface area contributed by atoms with Crippen molar-refractivity contribution in [3.8, 4) is 11.4 Å². The highest BCUT2D eigenvalue weighted by Crippen LogP contribution is 2.24.